The van der Waals surface area contributed by atoms with Gasteiger partial charge in [0.2, 0.25) is 5.89 Å². The molecule has 1 heterocycles. The molecular weight excluding hydrogens is 496 g/mol. The normalized spacial score (nSPS) is 11.8. The molecule has 4 aromatic rings. The van der Waals surface area contributed by atoms with Crippen molar-refractivity contribution in [3.63, 3.8) is 0 Å². The highest BCUT2D eigenvalue weighted by molar-refractivity contribution is 7.80. The Morgan fingerprint density at radius 3 is 2.57 bits per heavy atom. The number of aromatic nitrogens is 1. The third-order valence-corrected chi connectivity index (χ3v) is 5.66. The van der Waals surface area contributed by atoms with Crippen molar-refractivity contribution < 1.29 is 22.7 Å². The number of rotatable bonds is 6. The Morgan fingerprint density at radius 2 is 1.86 bits per heavy atom. The number of amides is 1. The van der Waals surface area contributed by atoms with Gasteiger partial charge in [-0.05, 0) is 80.2 Å². The Labute approximate surface area is 210 Å². The Kier molecular flexibility index (Phi) is 7.28. The molecule has 0 aliphatic rings. The van der Waals surface area contributed by atoms with Crippen molar-refractivity contribution in [1.29, 1.82) is 0 Å². The average molecular weight is 516 g/mol. The number of benzene rings is 3. The molecule has 0 aliphatic heterocycles. The van der Waals surface area contributed by atoms with Gasteiger partial charge in [0.1, 0.15) is 11.3 Å². The molecule has 0 spiro atoms. The molecule has 6 nitrogen and oxygen atoms in total. The molecular formula is C25H20ClF2N3O3S. The van der Waals surface area contributed by atoms with Crippen molar-refractivity contribution in [2.24, 2.45) is 0 Å². The Morgan fingerprint density at radius 1 is 1.14 bits per heavy atom. The first-order valence-corrected chi connectivity index (χ1v) is 11.5. The number of thiocarbonyl (C=S) groups is 1. The second-order valence-electron chi connectivity index (χ2n) is 7.72. The molecule has 35 heavy (non-hydrogen) atoms. The van der Waals surface area contributed by atoms with Gasteiger partial charge in [-0.2, -0.15) is 0 Å². The SMILES string of the molecule is CC[C@H](C)Oc1ccc(C(=O)NC(=S)Nc2ccc3oc(-c4cc(F)c(F)cc4Cl)nc3c2)cc1. The van der Waals surface area contributed by atoms with E-state index in [1.807, 2.05) is 13.8 Å². The molecule has 1 aromatic heterocycles. The number of carbonyl (C=O) groups is 1. The van der Waals surface area contributed by atoms with Gasteiger partial charge in [-0.15, -0.1) is 0 Å². The lowest BCUT2D eigenvalue weighted by Gasteiger charge is -2.13. The van der Waals surface area contributed by atoms with E-state index in [-0.39, 0.29) is 33.6 Å². The Balaban J connectivity index is 1.43. The lowest BCUT2D eigenvalue weighted by atomic mass is 10.2. The summed E-state index contributed by atoms with van der Waals surface area (Å²) in [6.07, 6.45) is 0.959. The van der Waals surface area contributed by atoms with E-state index >= 15 is 0 Å². The zero-order valence-corrected chi connectivity index (χ0v) is 20.3. The number of hydrogen-bond acceptors (Lipinski definition) is 5. The fourth-order valence-electron chi connectivity index (χ4n) is 3.14. The van der Waals surface area contributed by atoms with Crippen LogP contribution >= 0.6 is 23.8 Å². The van der Waals surface area contributed by atoms with Gasteiger partial charge in [-0.3, -0.25) is 10.1 Å². The molecule has 1 atom stereocenters. The van der Waals surface area contributed by atoms with E-state index in [0.717, 1.165) is 18.6 Å². The zero-order chi connectivity index (χ0) is 25.1. The maximum Gasteiger partial charge on any atom is 0.257 e. The highest BCUT2D eigenvalue weighted by Gasteiger charge is 2.16. The summed E-state index contributed by atoms with van der Waals surface area (Å²) in [4.78, 5) is 16.8. The van der Waals surface area contributed by atoms with E-state index in [4.69, 9.17) is 33.0 Å². The molecule has 180 valence electrons. The predicted octanol–water partition coefficient (Wildman–Crippen LogP) is 6.73. The van der Waals surface area contributed by atoms with Crippen LogP contribution in [0.4, 0.5) is 14.5 Å². The molecule has 10 heteroatoms. The van der Waals surface area contributed by atoms with E-state index in [1.54, 1.807) is 42.5 Å². The van der Waals surface area contributed by atoms with E-state index < -0.39 is 11.6 Å². The first-order valence-electron chi connectivity index (χ1n) is 10.7. The van der Waals surface area contributed by atoms with E-state index in [0.29, 0.717) is 28.1 Å². The number of hydrogen-bond donors (Lipinski definition) is 2. The zero-order valence-electron chi connectivity index (χ0n) is 18.7. The number of halogens is 3. The van der Waals surface area contributed by atoms with Crippen LogP contribution in [0.1, 0.15) is 30.6 Å². The number of anilines is 1. The van der Waals surface area contributed by atoms with Crippen molar-refractivity contribution in [2.45, 2.75) is 26.4 Å². The van der Waals surface area contributed by atoms with Gasteiger partial charge in [0, 0.05) is 11.3 Å². The van der Waals surface area contributed by atoms with Crippen LogP contribution < -0.4 is 15.4 Å². The van der Waals surface area contributed by atoms with Crippen LogP contribution in [0, 0.1) is 11.6 Å². The van der Waals surface area contributed by atoms with Crippen molar-refractivity contribution in [3.05, 3.63) is 76.8 Å². The molecule has 1 amide bonds. The summed E-state index contributed by atoms with van der Waals surface area (Å²) in [7, 11) is 0. The number of ether oxygens (including phenoxy) is 1. The fourth-order valence-corrected chi connectivity index (χ4v) is 3.59. The minimum Gasteiger partial charge on any atom is -0.491 e. The van der Waals surface area contributed by atoms with Crippen molar-refractivity contribution in [3.8, 4) is 17.2 Å². The summed E-state index contributed by atoms with van der Waals surface area (Å²) >= 11 is 11.3. The van der Waals surface area contributed by atoms with Gasteiger partial charge < -0.3 is 14.5 Å². The van der Waals surface area contributed by atoms with Crippen LogP contribution in [0.25, 0.3) is 22.6 Å². The van der Waals surface area contributed by atoms with Crippen LogP contribution in [-0.4, -0.2) is 22.1 Å². The van der Waals surface area contributed by atoms with Gasteiger partial charge in [0.15, 0.2) is 22.3 Å². The first-order chi connectivity index (χ1) is 16.7. The lowest BCUT2D eigenvalue weighted by molar-refractivity contribution is 0.0977. The molecule has 3 aromatic carbocycles. The number of oxazole rings is 1. The minimum absolute atomic E-state index is 0.0304. The maximum atomic E-state index is 13.7. The van der Waals surface area contributed by atoms with E-state index in [2.05, 4.69) is 15.6 Å². The second-order valence-corrected chi connectivity index (χ2v) is 8.53. The molecule has 0 bridgehead atoms. The topological polar surface area (TPSA) is 76.4 Å². The molecule has 0 aliphatic carbocycles. The van der Waals surface area contributed by atoms with Crippen LogP contribution in [-0.2, 0) is 0 Å². The van der Waals surface area contributed by atoms with Crippen molar-refractivity contribution in [1.82, 2.24) is 10.3 Å². The summed E-state index contributed by atoms with van der Waals surface area (Å²) < 4.78 is 38.4. The molecule has 4 rings (SSSR count). The minimum atomic E-state index is -1.06. The number of carbonyl (C=O) groups excluding carboxylic acids is 1. The third kappa shape index (κ3) is 5.75. The fraction of sp³-hybridized carbons (Fsp3) is 0.160. The van der Waals surface area contributed by atoms with Crippen LogP contribution in [0.5, 0.6) is 5.75 Å². The van der Waals surface area contributed by atoms with Crippen LogP contribution in [0.2, 0.25) is 5.02 Å². The number of nitrogens with one attached hydrogen (secondary N) is 2. The predicted molar refractivity (Wildman–Crippen MR) is 135 cm³/mol. The standard InChI is InChI=1S/C25H20ClF2N3O3S/c1-3-13(2)33-16-7-4-14(5-8-16)23(32)31-25(35)29-15-6-9-22-21(10-15)30-24(34-22)17-11-19(27)20(28)12-18(17)26/h4-13H,3H2,1-2H3,(H2,29,31,32,35)/t13-/m0/s1. The van der Waals surface area contributed by atoms with Crippen molar-refractivity contribution >= 4 is 51.6 Å². The van der Waals surface area contributed by atoms with Gasteiger partial charge in [0.25, 0.3) is 5.91 Å². The van der Waals surface area contributed by atoms with Gasteiger partial charge >= 0.3 is 0 Å². The monoisotopic (exact) mass is 515 g/mol. The van der Waals surface area contributed by atoms with E-state index in [1.165, 1.54) is 0 Å². The summed E-state index contributed by atoms with van der Waals surface area (Å²) in [5.41, 5.74) is 1.92. The lowest BCUT2D eigenvalue weighted by Crippen LogP contribution is -2.34. The summed E-state index contributed by atoms with van der Waals surface area (Å²) in [6.45, 7) is 4.00. The molecule has 0 radical (unpaired) electrons. The molecule has 2 N–H and O–H groups in total. The Bertz CT molecular complexity index is 1410. The molecule has 0 unspecified atom stereocenters. The summed E-state index contributed by atoms with van der Waals surface area (Å²) in [5, 5.41) is 5.59. The summed E-state index contributed by atoms with van der Waals surface area (Å²) in [5.74, 6) is -1.78. The largest absolute Gasteiger partial charge is 0.491 e. The quantitative estimate of drug-likeness (QED) is 0.219. The van der Waals surface area contributed by atoms with Gasteiger partial charge in [-0.1, -0.05) is 18.5 Å². The number of fused-ring (bicyclic) bond motifs is 1. The van der Waals surface area contributed by atoms with Crippen LogP contribution in [0.15, 0.2) is 59.0 Å². The van der Waals surface area contributed by atoms with Crippen LogP contribution in [0.3, 0.4) is 0 Å². The highest BCUT2D eigenvalue weighted by Crippen LogP contribution is 2.32. The Hall–Kier alpha value is -3.56. The van der Waals surface area contributed by atoms with Crippen molar-refractivity contribution in [2.75, 3.05) is 5.32 Å². The maximum absolute atomic E-state index is 13.7. The molecule has 0 saturated heterocycles. The van der Waals surface area contributed by atoms with E-state index in [9.17, 15) is 13.6 Å². The first kappa shape index (κ1) is 24.6. The molecule has 0 saturated carbocycles. The highest BCUT2D eigenvalue weighted by atomic mass is 35.5. The number of nitrogens with zero attached hydrogens (tertiary/aromatic N) is 1. The summed E-state index contributed by atoms with van der Waals surface area (Å²) in [6, 6.07) is 13.5. The van der Waals surface area contributed by atoms with Gasteiger partial charge in [-0.25, -0.2) is 13.8 Å². The smallest absolute Gasteiger partial charge is 0.257 e. The van der Waals surface area contributed by atoms with Gasteiger partial charge in [0.05, 0.1) is 16.7 Å². The average Bonchev–Trinajstić information content (AvgIpc) is 3.24. The third-order valence-electron chi connectivity index (χ3n) is 5.14. The second kappa shape index (κ2) is 10.4. The molecule has 0 fully saturated rings.